The van der Waals surface area contributed by atoms with E-state index < -0.39 is 0 Å². The summed E-state index contributed by atoms with van der Waals surface area (Å²) < 4.78 is 12.6. The minimum Gasteiger partial charge on any atom is -0.508 e. The Bertz CT molecular complexity index is 936. The molecule has 1 atom stereocenters. The topological polar surface area (TPSA) is 85.5 Å². The van der Waals surface area contributed by atoms with E-state index in [1.165, 1.54) is 0 Å². The zero-order valence-corrected chi connectivity index (χ0v) is 15.5. The fraction of sp³-hybridized carbons (Fsp3) is 0.421. The lowest BCUT2D eigenvalue weighted by atomic mass is 10.1. The maximum Gasteiger partial charge on any atom is 0.228 e. The van der Waals surface area contributed by atoms with E-state index in [0.29, 0.717) is 25.8 Å². The molecule has 0 spiro atoms. The molecule has 1 aromatic carbocycles. The zero-order valence-electron chi connectivity index (χ0n) is 15.5. The number of aromatic hydroxyl groups is 1. The summed E-state index contributed by atoms with van der Waals surface area (Å²) in [4.78, 5) is 11.7. The van der Waals surface area contributed by atoms with Crippen molar-refractivity contribution in [2.45, 2.75) is 13.0 Å². The molecule has 27 heavy (non-hydrogen) atoms. The lowest BCUT2D eigenvalue weighted by Crippen LogP contribution is -2.37. The van der Waals surface area contributed by atoms with Gasteiger partial charge in [-0.3, -0.25) is 0 Å². The number of morpholine rings is 1. The van der Waals surface area contributed by atoms with Crippen LogP contribution in [0.2, 0.25) is 0 Å². The van der Waals surface area contributed by atoms with Gasteiger partial charge in [-0.25, -0.2) is 9.67 Å². The van der Waals surface area contributed by atoms with E-state index in [-0.39, 0.29) is 11.8 Å². The molecule has 0 radical (unpaired) electrons. The predicted molar refractivity (Wildman–Crippen MR) is 102 cm³/mol. The third kappa shape index (κ3) is 3.45. The Morgan fingerprint density at radius 3 is 2.81 bits per heavy atom. The van der Waals surface area contributed by atoms with Gasteiger partial charge in [0, 0.05) is 25.8 Å². The van der Waals surface area contributed by atoms with Gasteiger partial charge in [-0.15, -0.1) is 0 Å². The summed E-state index contributed by atoms with van der Waals surface area (Å²) in [5.74, 6) is 0.850. The molecule has 1 N–H and O–H groups in total. The average molecular weight is 369 g/mol. The minimum atomic E-state index is 0.0389. The highest BCUT2D eigenvalue weighted by Crippen LogP contribution is 2.31. The highest BCUT2D eigenvalue weighted by Gasteiger charge is 2.21. The SMILES string of the molecule is COCC(C)n1ncc2c(-c3cccc(O)c3)nc(N3CCOCC3)nc21. The molecule has 0 amide bonds. The maximum atomic E-state index is 9.92. The van der Waals surface area contributed by atoms with E-state index in [1.807, 2.05) is 23.7 Å². The van der Waals surface area contributed by atoms with E-state index in [1.54, 1.807) is 25.4 Å². The van der Waals surface area contributed by atoms with Gasteiger partial charge in [0.05, 0.1) is 43.1 Å². The molecule has 3 heterocycles. The fourth-order valence-corrected chi connectivity index (χ4v) is 3.33. The number of benzene rings is 1. The molecule has 1 aliphatic rings. The Morgan fingerprint density at radius 1 is 1.26 bits per heavy atom. The third-order valence-corrected chi connectivity index (χ3v) is 4.68. The summed E-state index contributed by atoms with van der Waals surface area (Å²) in [7, 11) is 1.68. The molecular formula is C19H23N5O3. The number of methoxy groups -OCH3 is 1. The zero-order chi connectivity index (χ0) is 18.8. The molecule has 1 unspecified atom stereocenters. The number of hydrogen-bond donors (Lipinski definition) is 1. The highest BCUT2D eigenvalue weighted by molar-refractivity contribution is 5.91. The standard InChI is InChI=1S/C19H23N5O3/c1-13(12-26-2)24-18-16(11-20-24)17(14-4-3-5-15(25)10-14)21-19(22-18)23-6-8-27-9-7-23/h3-5,10-11,13,25H,6-9,12H2,1-2H3. The van der Waals surface area contributed by atoms with E-state index in [9.17, 15) is 5.11 Å². The Balaban J connectivity index is 1.89. The van der Waals surface area contributed by atoms with Gasteiger partial charge in [-0.05, 0) is 19.1 Å². The van der Waals surface area contributed by atoms with Crippen LogP contribution in [0.3, 0.4) is 0 Å². The van der Waals surface area contributed by atoms with Gasteiger partial charge in [0.2, 0.25) is 5.95 Å². The van der Waals surface area contributed by atoms with Crippen molar-refractivity contribution in [1.29, 1.82) is 0 Å². The van der Waals surface area contributed by atoms with E-state index in [4.69, 9.17) is 19.4 Å². The van der Waals surface area contributed by atoms with Gasteiger partial charge in [0.1, 0.15) is 5.75 Å². The second-order valence-corrected chi connectivity index (χ2v) is 6.65. The molecule has 8 nitrogen and oxygen atoms in total. The largest absolute Gasteiger partial charge is 0.508 e. The first-order valence-electron chi connectivity index (χ1n) is 9.03. The van der Waals surface area contributed by atoms with Gasteiger partial charge in [0.25, 0.3) is 0 Å². The van der Waals surface area contributed by atoms with Crippen LogP contribution in [0.1, 0.15) is 13.0 Å². The van der Waals surface area contributed by atoms with E-state index >= 15 is 0 Å². The maximum absolute atomic E-state index is 9.92. The number of nitrogens with zero attached hydrogens (tertiary/aromatic N) is 5. The van der Waals surface area contributed by atoms with Crippen LogP contribution in [0, 0.1) is 0 Å². The number of hydrogen-bond acceptors (Lipinski definition) is 7. The highest BCUT2D eigenvalue weighted by atomic mass is 16.5. The number of ether oxygens (including phenoxy) is 2. The summed E-state index contributed by atoms with van der Waals surface area (Å²) in [6.07, 6.45) is 1.78. The molecule has 8 heteroatoms. The Morgan fingerprint density at radius 2 is 2.07 bits per heavy atom. The molecule has 1 fully saturated rings. The Kier molecular flexibility index (Phi) is 4.91. The lowest BCUT2D eigenvalue weighted by molar-refractivity contribution is 0.122. The number of phenols is 1. The molecule has 0 bridgehead atoms. The van der Waals surface area contributed by atoms with Crippen molar-refractivity contribution in [2.75, 3.05) is 44.9 Å². The molecule has 1 saturated heterocycles. The van der Waals surface area contributed by atoms with Gasteiger partial charge in [0.15, 0.2) is 5.65 Å². The number of fused-ring (bicyclic) bond motifs is 1. The van der Waals surface area contributed by atoms with Gasteiger partial charge in [-0.2, -0.15) is 10.1 Å². The molecule has 0 saturated carbocycles. The van der Waals surface area contributed by atoms with E-state index in [0.717, 1.165) is 35.4 Å². The summed E-state index contributed by atoms with van der Waals surface area (Å²) in [6.45, 7) is 5.37. The summed E-state index contributed by atoms with van der Waals surface area (Å²) in [5, 5.41) is 15.3. The van der Waals surface area contributed by atoms with Crippen LogP contribution in [0.4, 0.5) is 5.95 Å². The molecule has 4 rings (SSSR count). The van der Waals surface area contributed by atoms with Crippen LogP contribution in [0.5, 0.6) is 5.75 Å². The summed E-state index contributed by atoms with van der Waals surface area (Å²) >= 11 is 0. The Labute approximate surface area is 157 Å². The number of phenolic OH excluding ortho intramolecular Hbond substituents is 1. The quantitative estimate of drug-likeness (QED) is 0.738. The van der Waals surface area contributed by atoms with Gasteiger partial charge in [-0.1, -0.05) is 12.1 Å². The van der Waals surface area contributed by atoms with Crippen LogP contribution in [0.15, 0.2) is 30.5 Å². The van der Waals surface area contributed by atoms with Crippen molar-refractivity contribution >= 4 is 17.0 Å². The van der Waals surface area contributed by atoms with Crippen molar-refractivity contribution in [3.05, 3.63) is 30.5 Å². The average Bonchev–Trinajstić information content (AvgIpc) is 3.12. The molecule has 1 aliphatic heterocycles. The first kappa shape index (κ1) is 17.7. The van der Waals surface area contributed by atoms with Gasteiger partial charge < -0.3 is 19.5 Å². The molecule has 0 aliphatic carbocycles. The molecule has 3 aromatic rings. The van der Waals surface area contributed by atoms with Crippen molar-refractivity contribution in [2.24, 2.45) is 0 Å². The first-order valence-corrected chi connectivity index (χ1v) is 9.03. The van der Waals surface area contributed by atoms with Crippen molar-refractivity contribution in [3.8, 4) is 17.0 Å². The second kappa shape index (κ2) is 7.50. The van der Waals surface area contributed by atoms with Crippen LogP contribution in [0.25, 0.3) is 22.3 Å². The molecular weight excluding hydrogens is 346 g/mol. The smallest absolute Gasteiger partial charge is 0.228 e. The predicted octanol–water partition coefficient (Wildman–Crippen LogP) is 2.24. The number of rotatable bonds is 5. The van der Waals surface area contributed by atoms with Crippen molar-refractivity contribution in [3.63, 3.8) is 0 Å². The summed E-state index contributed by atoms with van der Waals surface area (Å²) in [5.41, 5.74) is 2.35. The van der Waals surface area contributed by atoms with Crippen LogP contribution in [-0.2, 0) is 9.47 Å². The monoisotopic (exact) mass is 369 g/mol. The molecule has 142 valence electrons. The minimum absolute atomic E-state index is 0.0389. The number of aromatic nitrogens is 4. The van der Waals surface area contributed by atoms with Crippen molar-refractivity contribution in [1.82, 2.24) is 19.7 Å². The third-order valence-electron chi connectivity index (χ3n) is 4.68. The van der Waals surface area contributed by atoms with Gasteiger partial charge >= 0.3 is 0 Å². The lowest BCUT2D eigenvalue weighted by Gasteiger charge is -2.27. The second-order valence-electron chi connectivity index (χ2n) is 6.65. The van der Waals surface area contributed by atoms with Crippen LogP contribution < -0.4 is 4.90 Å². The summed E-state index contributed by atoms with van der Waals surface area (Å²) in [6, 6.07) is 7.14. The van der Waals surface area contributed by atoms with Crippen molar-refractivity contribution < 1.29 is 14.6 Å². The first-order chi connectivity index (χ1) is 13.2. The van der Waals surface area contributed by atoms with Crippen LogP contribution in [-0.4, -0.2) is 64.9 Å². The van der Waals surface area contributed by atoms with E-state index in [2.05, 4.69) is 10.00 Å². The normalized spacial score (nSPS) is 16.0. The Hall–Kier alpha value is -2.71. The fourth-order valence-electron chi connectivity index (χ4n) is 3.33. The number of anilines is 1. The molecule has 2 aromatic heterocycles. The van der Waals surface area contributed by atoms with Crippen LogP contribution >= 0.6 is 0 Å².